The third-order valence-electron chi connectivity index (χ3n) is 2.90. The van der Waals surface area contributed by atoms with Crippen LogP contribution < -0.4 is 16.4 Å². The molecule has 0 rings (SSSR count). The maximum absolute atomic E-state index is 11.3. The van der Waals surface area contributed by atoms with Gasteiger partial charge in [0.2, 0.25) is 5.91 Å². The van der Waals surface area contributed by atoms with Gasteiger partial charge in [-0.2, -0.15) is 0 Å². The van der Waals surface area contributed by atoms with E-state index in [9.17, 15) is 9.59 Å². The van der Waals surface area contributed by atoms with Gasteiger partial charge in [-0.05, 0) is 27.3 Å². The Hall–Kier alpha value is -1.14. The summed E-state index contributed by atoms with van der Waals surface area (Å²) in [6, 6.07) is -0.722. The molecule has 0 spiro atoms. The van der Waals surface area contributed by atoms with E-state index in [-0.39, 0.29) is 0 Å². The Morgan fingerprint density at radius 3 is 2.41 bits per heavy atom. The molecule has 4 N–H and O–H groups in total. The van der Waals surface area contributed by atoms with Crippen molar-refractivity contribution in [1.82, 2.24) is 15.5 Å². The molecule has 0 bridgehead atoms. The molecular weight excluding hydrogens is 220 g/mol. The van der Waals surface area contributed by atoms with Crippen LogP contribution in [0, 0.1) is 0 Å². The fourth-order valence-corrected chi connectivity index (χ4v) is 1.31. The SMILES string of the molecule is CCC(C)N(C)CCNC(C)C(=O)NC(N)=O. The molecule has 0 aromatic heterocycles. The molecule has 0 aliphatic heterocycles. The van der Waals surface area contributed by atoms with Crippen LogP contribution in [0.4, 0.5) is 4.79 Å². The van der Waals surface area contributed by atoms with Gasteiger partial charge in [0.05, 0.1) is 6.04 Å². The molecule has 2 atom stereocenters. The number of likely N-dealkylation sites (N-methyl/N-ethyl adjacent to an activating group) is 1. The number of nitrogens with one attached hydrogen (secondary N) is 2. The number of rotatable bonds is 7. The topological polar surface area (TPSA) is 87.5 Å². The van der Waals surface area contributed by atoms with Crippen LogP contribution in [-0.4, -0.2) is 49.1 Å². The summed E-state index contributed by atoms with van der Waals surface area (Å²) in [5, 5.41) is 5.07. The van der Waals surface area contributed by atoms with Crippen molar-refractivity contribution in [3.8, 4) is 0 Å². The summed E-state index contributed by atoms with van der Waals surface area (Å²) in [5.74, 6) is -0.399. The van der Waals surface area contributed by atoms with Crippen molar-refractivity contribution in [1.29, 1.82) is 0 Å². The van der Waals surface area contributed by atoms with Crippen molar-refractivity contribution in [3.63, 3.8) is 0 Å². The van der Waals surface area contributed by atoms with E-state index in [1.807, 2.05) is 12.4 Å². The number of primary amides is 1. The second-order valence-corrected chi connectivity index (χ2v) is 4.27. The van der Waals surface area contributed by atoms with E-state index < -0.39 is 18.0 Å². The molecule has 0 aromatic rings. The number of carbonyl (C=O) groups excluding carboxylic acids is 2. The first-order chi connectivity index (χ1) is 7.88. The van der Waals surface area contributed by atoms with Gasteiger partial charge in [0, 0.05) is 19.1 Å². The predicted molar refractivity (Wildman–Crippen MR) is 67.6 cm³/mol. The van der Waals surface area contributed by atoms with Gasteiger partial charge in [0.15, 0.2) is 0 Å². The highest BCUT2D eigenvalue weighted by Gasteiger charge is 2.14. The third-order valence-corrected chi connectivity index (χ3v) is 2.90. The number of imide groups is 1. The molecule has 0 radical (unpaired) electrons. The van der Waals surface area contributed by atoms with Crippen molar-refractivity contribution in [3.05, 3.63) is 0 Å². The van der Waals surface area contributed by atoms with Crippen LogP contribution in [0.2, 0.25) is 0 Å². The number of hydrogen-bond donors (Lipinski definition) is 3. The van der Waals surface area contributed by atoms with Crippen LogP contribution in [0.1, 0.15) is 27.2 Å². The molecule has 6 nitrogen and oxygen atoms in total. The summed E-state index contributed by atoms with van der Waals surface area (Å²) in [6.07, 6.45) is 1.09. The molecule has 17 heavy (non-hydrogen) atoms. The van der Waals surface area contributed by atoms with Crippen molar-refractivity contribution in [2.24, 2.45) is 5.73 Å². The summed E-state index contributed by atoms with van der Waals surface area (Å²) in [5.41, 5.74) is 4.86. The highest BCUT2D eigenvalue weighted by molar-refractivity contribution is 5.96. The van der Waals surface area contributed by atoms with E-state index in [0.29, 0.717) is 12.6 Å². The van der Waals surface area contributed by atoms with Gasteiger partial charge in [-0.25, -0.2) is 4.79 Å². The second kappa shape index (κ2) is 8.03. The van der Waals surface area contributed by atoms with Crippen molar-refractivity contribution in [2.75, 3.05) is 20.1 Å². The van der Waals surface area contributed by atoms with Gasteiger partial charge in [0.1, 0.15) is 0 Å². The smallest absolute Gasteiger partial charge is 0.318 e. The number of nitrogens with zero attached hydrogens (tertiary/aromatic N) is 1. The minimum Gasteiger partial charge on any atom is -0.351 e. The fourth-order valence-electron chi connectivity index (χ4n) is 1.31. The lowest BCUT2D eigenvalue weighted by Gasteiger charge is -2.24. The minimum atomic E-state index is -0.819. The van der Waals surface area contributed by atoms with Crippen LogP contribution in [0.5, 0.6) is 0 Å². The molecule has 6 heteroatoms. The van der Waals surface area contributed by atoms with Crippen molar-refractivity contribution < 1.29 is 9.59 Å². The van der Waals surface area contributed by atoms with E-state index in [2.05, 4.69) is 24.1 Å². The quantitative estimate of drug-likeness (QED) is 0.583. The summed E-state index contributed by atoms with van der Waals surface area (Å²) in [6.45, 7) is 7.53. The molecule has 100 valence electrons. The van der Waals surface area contributed by atoms with Crippen molar-refractivity contribution >= 4 is 11.9 Å². The molecule has 0 saturated carbocycles. The van der Waals surface area contributed by atoms with E-state index in [1.54, 1.807) is 6.92 Å². The normalized spacial score (nSPS) is 14.4. The largest absolute Gasteiger partial charge is 0.351 e. The summed E-state index contributed by atoms with van der Waals surface area (Å²) < 4.78 is 0. The maximum atomic E-state index is 11.3. The molecule has 0 heterocycles. The fraction of sp³-hybridized carbons (Fsp3) is 0.818. The zero-order valence-corrected chi connectivity index (χ0v) is 11.1. The molecule has 0 aliphatic carbocycles. The van der Waals surface area contributed by atoms with Crippen molar-refractivity contribution in [2.45, 2.75) is 39.3 Å². The Bertz CT molecular complexity index is 258. The Morgan fingerprint density at radius 1 is 1.35 bits per heavy atom. The molecule has 0 aliphatic rings. The first kappa shape index (κ1) is 15.9. The van der Waals surface area contributed by atoms with Crippen LogP contribution in [0.25, 0.3) is 0 Å². The first-order valence-corrected chi connectivity index (χ1v) is 5.92. The zero-order chi connectivity index (χ0) is 13.4. The standard InChI is InChI=1S/C11H24N4O2/c1-5-8(2)15(4)7-6-13-9(3)10(16)14-11(12)17/h8-9,13H,5-7H2,1-4H3,(H3,12,14,16,17). The van der Waals surface area contributed by atoms with E-state index in [0.717, 1.165) is 13.0 Å². The van der Waals surface area contributed by atoms with Gasteiger partial charge >= 0.3 is 6.03 Å². The zero-order valence-electron chi connectivity index (χ0n) is 11.1. The van der Waals surface area contributed by atoms with E-state index >= 15 is 0 Å². The number of carbonyl (C=O) groups is 2. The Kier molecular flexibility index (Phi) is 7.49. The average Bonchev–Trinajstić information content (AvgIpc) is 2.26. The van der Waals surface area contributed by atoms with Gasteiger partial charge in [-0.15, -0.1) is 0 Å². The molecule has 3 amide bonds. The second-order valence-electron chi connectivity index (χ2n) is 4.27. The Labute approximate surface area is 103 Å². The summed E-state index contributed by atoms with van der Waals surface area (Å²) in [4.78, 5) is 24.0. The summed E-state index contributed by atoms with van der Waals surface area (Å²) in [7, 11) is 2.05. The molecule has 0 saturated heterocycles. The number of hydrogen-bond acceptors (Lipinski definition) is 4. The molecule has 0 fully saturated rings. The lowest BCUT2D eigenvalue weighted by molar-refractivity contribution is -0.121. The Balaban J connectivity index is 3.81. The van der Waals surface area contributed by atoms with Gasteiger partial charge in [0.25, 0.3) is 0 Å². The lowest BCUT2D eigenvalue weighted by atomic mass is 10.2. The van der Waals surface area contributed by atoms with Crippen LogP contribution in [0.15, 0.2) is 0 Å². The van der Waals surface area contributed by atoms with E-state index in [4.69, 9.17) is 5.73 Å². The van der Waals surface area contributed by atoms with Gasteiger partial charge < -0.3 is 16.0 Å². The Morgan fingerprint density at radius 2 is 1.94 bits per heavy atom. The highest BCUT2D eigenvalue weighted by atomic mass is 16.2. The third kappa shape index (κ3) is 6.91. The number of urea groups is 1. The monoisotopic (exact) mass is 244 g/mol. The van der Waals surface area contributed by atoms with Crippen LogP contribution in [-0.2, 0) is 4.79 Å². The predicted octanol–water partition coefficient (Wildman–Crippen LogP) is -0.110. The minimum absolute atomic E-state index is 0.399. The molecule has 0 aromatic carbocycles. The van der Waals surface area contributed by atoms with Crippen LogP contribution in [0.3, 0.4) is 0 Å². The molecular formula is C11H24N4O2. The van der Waals surface area contributed by atoms with Gasteiger partial charge in [-0.3, -0.25) is 10.1 Å². The molecule has 2 unspecified atom stereocenters. The van der Waals surface area contributed by atoms with Crippen LogP contribution >= 0.6 is 0 Å². The average molecular weight is 244 g/mol. The summed E-state index contributed by atoms with van der Waals surface area (Å²) >= 11 is 0. The van der Waals surface area contributed by atoms with Gasteiger partial charge in [-0.1, -0.05) is 6.92 Å². The lowest BCUT2D eigenvalue weighted by Crippen LogP contribution is -2.48. The number of nitrogens with two attached hydrogens (primary N) is 1. The first-order valence-electron chi connectivity index (χ1n) is 5.92. The number of amides is 3. The maximum Gasteiger partial charge on any atom is 0.318 e. The highest BCUT2D eigenvalue weighted by Crippen LogP contribution is 1.98. The van der Waals surface area contributed by atoms with E-state index in [1.165, 1.54) is 0 Å².